The summed E-state index contributed by atoms with van der Waals surface area (Å²) >= 11 is 7.90. The first-order valence-electron chi connectivity index (χ1n) is 18.6. The second-order valence-corrected chi connectivity index (χ2v) is 15.7. The summed E-state index contributed by atoms with van der Waals surface area (Å²) in [4.78, 5) is 70.9. The highest BCUT2D eigenvalue weighted by Gasteiger charge is 2.46. The normalized spacial score (nSPS) is 17.7. The van der Waals surface area contributed by atoms with E-state index in [0.29, 0.717) is 29.7 Å². The third-order valence-electron chi connectivity index (χ3n) is 10.3. The summed E-state index contributed by atoms with van der Waals surface area (Å²) in [5.41, 5.74) is 4.26. The topological polar surface area (TPSA) is 165 Å². The number of fused-ring (bicyclic) bond motifs is 4. The summed E-state index contributed by atoms with van der Waals surface area (Å²) in [5.74, 6) is -0.590. The zero-order valence-corrected chi connectivity index (χ0v) is 32.5. The molecule has 3 aliphatic heterocycles. The molecule has 0 saturated carbocycles. The van der Waals surface area contributed by atoms with E-state index in [1.165, 1.54) is 4.88 Å². The van der Waals surface area contributed by atoms with E-state index in [9.17, 15) is 24.0 Å². The Morgan fingerprint density at radius 1 is 0.945 bits per heavy atom. The van der Waals surface area contributed by atoms with E-state index in [2.05, 4.69) is 34.7 Å². The van der Waals surface area contributed by atoms with Crippen molar-refractivity contribution in [2.45, 2.75) is 90.6 Å². The Balaban J connectivity index is 0.863. The number of halogens is 1. The summed E-state index contributed by atoms with van der Waals surface area (Å²) in [6.45, 7) is 7.04. The van der Waals surface area contributed by atoms with E-state index < -0.39 is 35.7 Å². The van der Waals surface area contributed by atoms with Crippen molar-refractivity contribution in [3.8, 4) is 10.8 Å². The smallest absolute Gasteiger partial charge is 0.266 e. The van der Waals surface area contributed by atoms with E-state index >= 15 is 0 Å². The van der Waals surface area contributed by atoms with Crippen LogP contribution in [0.15, 0.2) is 47.5 Å². The van der Waals surface area contributed by atoms with Gasteiger partial charge in [-0.2, -0.15) is 0 Å². The Hall–Kier alpha value is -5.21. The first-order valence-corrected chi connectivity index (χ1v) is 19.8. The van der Waals surface area contributed by atoms with Gasteiger partial charge in [0.05, 0.1) is 29.9 Å². The molecule has 4 aromatic rings. The van der Waals surface area contributed by atoms with Gasteiger partial charge in [0, 0.05) is 34.0 Å². The molecule has 286 valence electrons. The molecule has 2 aromatic heterocycles. The van der Waals surface area contributed by atoms with Crippen molar-refractivity contribution in [2.75, 3.05) is 13.2 Å². The highest BCUT2D eigenvalue weighted by molar-refractivity contribution is 7.15. The zero-order chi connectivity index (χ0) is 38.8. The van der Waals surface area contributed by atoms with E-state index in [1.807, 2.05) is 35.8 Å². The molecule has 15 heteroatoms. The van der Waals surface area contributed by atoms with Crippen LogP contribution in [0.1, 0.15) is 118 Å². The molecule has 5 heterocycles. The minimum atomic E-state index is -1.02. The number of aromatic nitrogens is 3. The highest BCUT2D eigenvalue weighted by atomic mass is 35.5. The Kier molecular flexibility index (Phi) is 11.3. The molecular formula is C40H42ClN7O6S. The lowest BCUT2D eigenvalue weighted by molar-refractivity contribution is -0.136. The minimum absolute atomic E-state index is 0.0625. The van der Waals surface area contributed by atoms with E-state index in [-0.39, 0.29) is 36.3 Å². The lowest BCUT2D eigenvalue weighted by Crippen LogP contribution is -2.54. The fourth-order valence-corrected chi connectivity index (χ4v) is 8.67. The number of aliphatic imine (C=N–C) groups is 1. The number of piperidine rings is 1. The van der Waals surface area contributed by atoms with Crippen LogP contribution in [-0.4, -0.2) is 74.1 Å². The number of nitrogens with zero attached hydrogens (tertiary/aromatic N) is 5. The van der Waals surface area contributed by atoms with Crippen LogP contribution in [0.3, 0.4) is 0 Å². The van der Waals surface area contributed by atoms with Gasteiger partial charge in [-0.05, 0) is 69.9 Å². The van der Waals surface area contributed by atoms with Gasteiger partial charge in [-0.3, -0.25) is 43.7 Å². The number of aryl methyl sites for hydroxylation is 2. The van der Waals surface area contributed by atoms with Crippen molar-refractivity contribution in [1.82, 2.24) is 30.3 Å². The third kappa shape index (κ3) is 7.70. The molecule has 5 amide bonds. The van der Waals surface area contributed by atoms with Gasteiger partial charge in [0.25, 0.3) is 11.8 Å². The lowest BCUT2D eigenvalue weighted by Gasteiger charge is -2.27. The first kappa shape index (κ1) is 38.1. The molecule has 2 aromatic carbocycles. The van der Waals surface area contributed by atoms with Crippen LogP contribution in [0.2, 0.25) is 5.02 Å². The van der Waals surface area contributed by atoms with Crippen LogP contribution in [0.5, 0.6) is 5.75 Å². The number of ether oxygens (including phenoxy) is 1. The highest BCUT2D eigenvalue weighted by Crippen LogP contribution is 2.40. The minimum Gasteiger partial charge on any atom is -0.493 e. The molecular weight excluding hydrogens is 742 g/mol. The number of unbranched alkanes of at least 4 members (excludes halogenated alkanes) is 5. The average Bonchev–Trinajstić information content (AvgIpc) is 3.74. The predicted octanol–water partition coefficient (Wildman–Crippen LogP) is 6.13. The molecule has 3 aliphatic rings. The molecule has 2 atom stereocenters. The summed E-state index contributed by atoms with van der Waals surface area (Å²) in [7, 11) is 0. The van der Waals surface area contributed by atoms with Crippen LogP contribution in [0, 0.1) is 20.8 Å². The predicted molar refractivity (Wildman–Crippen MR) is 207 cm³/mol. The van der Waals surface area contributed by atoms with Gasteiger partial charge in [0.1, 0.15) is 28.7 Å². The van der Waals surface area contributed by atoms with Crippen LogP contribution < -0.4 is 15.4 Å². The van der Waals surface area contributed by atoms with Crippen LogP contribution in [-0.2, 0) is 14.4 Å². The molecule has 0 aliphatic carbocycles. The summed E-state index contributed by atoms with van der Waals surface area (Å²) in [6.07, 6.45) is 5.74. The lowest BCUT2D eigenvalue weighted by atomic mass is 9.99. The van der Waals surface area contributed by atoms with Gasteiger partial charge in [-0.1, -0.05) is 55.5 Å². The molecule has 1 fully saturated rings. The van der Waals surface area contributed by atoms with Gasteiger partial charge in [0.2, 0.25) is 17.7 Å². The number of rotatable bonds is 14. The van der Waals surface area contributed by atoms with Crippen molar-refractivity contribution in [3.63, 3.8) is 0 Å². The van der Waals surface area contributed by atoms with Crippen molar-refractivity contribution in [1.29, 1.82) is 0 Å². The van der Waals surface area contributed by atoms with Crippen LogP contribution in [0.25, 0.3) is 5.00 Å². The first-order chi connectivity index (χ1) is 26.5. The maximum atomic E-state index is 13.3. The number of carbonyl (C=O) groups excluding carboxylic acids is 5. The quantitative estimate of drug-likeness (QED) is 0.114. The number of carbonyl (C=O) groups is 5. The maximum Gasteiger partial charge on any atom is 0.266 e. The molecule has 1 saturated heterocycles. The number of nitrogens with one attached hydrogen (secondary N) is 2. The van der Waals surface area contributed by atoms with Gasteiger partial charge in [-0.15, -0.1) is 21.5 Å². The fourth-order valence-electron chi connectivity index (χ4n) is 7.33. The molecule has 13 nitrogen and oxygen atoms in total. The van der Waals surface area contributed by atoms with Crippen LogP contribution in [0.4, 0.5) is 0 Å². The zero-order valence-electron chi connectivity index (χ0n) is 30.9. The van der Waals surface area contributed by atoms with Crippen molar-refractivity contribution < 1.29 is 28.7 Å². The Labute approximate surface area is 327 Å². The summed E-state index contributed by atoms with van der Waals surface area (Å²) in [6, 6.07) is 10.9. The second kappa shape index (κ2) is 16.3. The third-order valence-corrected chi connectivity index (χ3v) is 11.8. The number of thiophene rings is 1. The SMILES string of the molecule is Cc1sc2c(c1C)C(c1ccc(Cl)cc1)=N[C@@H](CC(=O)NCCCCCCCCOc1cccc3c1C(=O)N(C1CCC(=O)NC1=O)C3=O)c1nnc(C)n1-2. The fraction of sp³-hybridized carbons (Fsp3) is 0.400. The molecule has 7 rings (SSSR count). The molecule has 55 heavy (non-hydrogen) atoms. The molecule has 0 bridgehead atoms. The number of hydrogen-bond donors (Lipinski definition) is 2. The number of hydrogen-bond acceptors (Lipinski definition) is 10. The average molecular weight is 784 g/mol. The van der Waals surface area contributed by atoms with Gasteiger partial charge < -0.3 is 10.1 Å². The number of benzene rings is 2. The Morgan fingerprint density at radius 3 is 2.45 bits per heavy atom. The second-order valence-electron chi connectivity index (χ2n) is 14.1. The van der Waals surface area contributed by atoms with Gasteiger partial charge in [0.15, 0.2) is 5.82 Å². The monoisotopic (exact) mass is 783 g/mol. The molecule has 0 spiro atoms. The number of amides is 5. The van der Waals surface area contributed by atoms with Gasteiger partial charge in [-0.25, -0.2) is 0 Å². The van der Waals surface area contributed by atoms with E-state index in [1.54, 1.807) is 29.5 Å². The maximum absolute atomic E-state index is 13.3. The van der Waals surface area contributed by atoms with Crippen molar-refractivity contribution >= 4 is 58.2 Å². The van der Waals surface area contributed by atoms with Crippen molar-refractivity contribution in [2.24, 2.45) is 4.99 Å². The number of imide groups is 2. The molecule has 2 N–H and O–H groups in total. The van der Waals surface area contributed by atoms with Crippen LogP contribution >= 0.6 is 22.9 Å². The van der Waals surface area contributed by atoms with Gasteiger partial charge >= 0.3 is 0 Å². The van der Waals surface area contributed by atoms with Crippen molar-refractivity contribution in [3.05, 3.63) is 91.8 Å². The Morgan fingerprint density at radius 2 is 1.69 bits per heavy atom. The largest absolute Gasteiger partial charge is 0.493 e. The van der Waals surface area contributed by atoms with E-state index in [0.717, 1.165) is 76.7 Å². The summed E-state index contributed by atoms with van der Waals surface area (Å²) in [5, 5.41) is 15.8. The molecule has 0 radical (unpaired) electrons. The standard InChI is InChI=1S/C40H42ClN7O6S/c1-22-23(2)55-40-33(22)35(25-13-15-26(41)16-14-25)43-28(36-46-45-24(3)47(36)40)21-32(50)42-19-8-6-4-5-7-9-20-54-30-12-10-11-27-34(30)39(53)48(38(27)52)29-17-18-31(49)44-37(29)51/h10-16,28-29H,4-9,17-21H2,1-3H3,(H,42,50)(H,44,49,51)/t28-,29?/m0/s1. The Bertz CT molecular complexity index is 2210. The summed E-state index contributed by atoms with van der Waals surface area (Å²) < 4.78 is 7.99. The molecule has 1 unspecified atom stereocenters. The van der Waals surface area contributed by atoms with E-state index in [4.69, 9.17) is 21.3 Å².